The lowest BCUT2D eigenvalue weighted by molar-refractivity contribution is 0.587. The standard InChI is InChI=1S/Cl2O6S3/c1-9(3,4)11(7,8)10(2,5)6. The van der Waals surface area contributed by atoms with Crippen LogP contribution in [0, 0.1) is 0 Å². The lowest BCUT2D eigenvalue weighted by Gasteiger charge is -1.91. The Hall–Kier alpha value is 0.430. The molecule has 6 nitrogen and oxygen atoms in total. The molecule has 11 heteroatoms. The van der Waals surface area contributed by atoms with Crippen LogP contribution in [0.15, 0.2) is 0 Å². The average Bonchev–Trinajstić information content (AvgIpc) is 1.58. The highest BCUT2D eigenvalue weighted by molar-refractivity contribution is 9.07. The molecule has 0 aliphatic heterocycles. The van der Waals surface area contributed by atoms with Crippen molar-refractivity contribution in [1.82, 2.24) is 0 Å². The second kappa shape index (κ2) is 2.73. The van der Waals surface area contributed by atoms with Gasteiger partial charge in [-0.15, -0.1) is 0 Å². The molecule has 0 N–H and O–H groups in total. The molecule has 0 aliphatic carbocycles. The van der Waals surface area contributed by atoms with E-state index in [4.69, 9.17) is 0 Å². The first kappa shape index (κ1) is 11.4. The minimum absolute atomic E-state index is 4.23. The Balaban J connectivity index is 5.92. The third-order valence-electron chi connectivity index (χ3n) is 0.488. The summed E-state index contributed by atoms with van der Waals surface area (Å²) in [6.07, 6.45) is 0. The normalized spacial score (nSPS) is 14.7. The maximum absolute atomic E-state index is 10.2. The predicted molar refractivity (Wildman–Crippen MR) is 38.5 cm³/mol. The molecule has 0 saturated heterocycles. The fourth-order valence-corrected chi connectivity index (χ4v) is 6.99. The molecule has 0 aromatic carbocycles. The van der Waals surface area contributed by atoms with Crippen LogP contribution in [-0.2, 0) is 24.1 Å². The van der Waals surface area contributed by atoms with Gasteiger partial charge in [0.1, 0.15) is 0 Å². The zero-order valence-electron chi connectivity index (χ0n) is 4.43. The van der Waals surface area contributed by atoms with Crippen molar-refractivity contribution < 1.29 is 25.3 Å². The van der Waals surface area contributed by atoms with E-state index in [1.54, 1.807) is 0 Å². The summed E-state index contributed by atoms with van der Waals surface area (Å²) < 4.78 is 60.5. The van der Waals surface area contributed by atoms with E-state index in [2.05, 4.69) is 21.4 Å². The summed E-state index contributed by atoms with van der Waals surface area (Å²) >= 11 is 0. The zero-order valence-corrected chi connectivity index (χ0v) is 8.39. The molecular weight excluding hydrogens is 263 g/mol. The third-order valence-corrected chi connectivity index (χ3v) is 11.9. The minimum Gasteiger partial charge on any atom is -0.194 e. The summed E-state index contributed by atoms with van der Waals surface area (Å²) in [7, 11) is -7.55. The summed E-state index contributed by atoms with van der Waals surface area (Å²) in [4.78, 5) is 0. The van der Waals surface area contributed by atoms with Crippen molar-refractivity contribution in [3.05, 3.63) is 0 Å². The van der Waals surface area contributed by atoms with Gasteiger partial charge < -0.3 is 0 Å². The Morgan fingerprint density at radius 3 is 0.818 bits per heavy atom. The molecule has 0 aromatic rings. The summed E-state index contributed by atoms with van der Waals surface area (Å²) in [5, 5.41) is 0. The van der Waals surface area contributed by atoms with E-state index in [9.17, 15) is 25.3 Å². The van der Waals surface area contributed by atoms with Crippen LogP contribution in [-0.4, -0.2) is 25.3 Å². The van der Waals surface area contributed by atoms with Crippen LogP contribution >= 0.6 is 21.4 Å². The van der Waals surface area contributed by atoms with Crippen molar-refractivity contribution in [2.24, 2.45) is 0 Å². The largest absolute Gasteiger partial charge is 0.385 e. The molecule has 0 aliphatic rings. The van der Waals surface area contributed by atoms with Crippen molar-refractivity contribution in [2.45, 2.75) is 0 Å². The fourth-order valence-electron chi connectivity index (χ4n) is 0.0971. The van der Waals surface area contributed by atoms with Gasteiger partial charge in [0.2, 0.25) is 0 Å². The van der Waals surface area contributed by atoms with Crippen molar-refractivity contribution in [3.63, 3.8) is 0 Å². The Morgan fingerprint density at radius 2 is 0.818 bits per heavy atom. The first-order chi connectivity index (χ1) is 4.50. The van der Waals surface area contributed by atoms with Crippen LogP contribution in [0.1, 0.15) is 0 Å². The molecule has 11 heavy (non-hydrogen) atoms. The van der Waals surface area contributed by atoms with Gasteiger partial charge in [-0.3, -0.25) is 0 Å². The maximum Gasteiger partial charge on any atom is 0.385 e. The summed E-state index contributed by atoms with van der Waals surface area (Å²) in [5.74, 6) is 0. The van der Waals surface area contributed by atoms with Crippen LogP contribution in [0.4, 0.5) is 0 Å². The van der Waals surface area contributed by atoms with E-state index < -0.39 is 24.1 Å². The Morgan fingerprint density at radius 1 is 0.636 bits per heavy atom. The summed E-state index contributed by atoms with van der Waals surface area (Å²) in [6.45, 7) is 0. The minimum atomic E-state index is -5.54. The lowest BCUT2D eigenvalue weighted by atomic mass is 15.9. The van der Waals surface area contributed by atoms with Gasteiger partial charge in [0.15, 0.2) is 0 Å². The number of hydrogen-bond donors (Lipinski definition) is 0. The number of hydrogen-bond acceptors (Lipinski definition) is 6. The molecule has 0 aromatic heterocycles. The highest BCUT2D eigenvalue weighted by Gasteiger charge is 2.40. The van der Waals surface area contributed by atoms with Gasteiger partial charge in [-0.2, -0.15) is 25.3 Å². The molecule has 68 valence electrons. The summed E-state index contributed by atoms with van der Waals surface area (Å²) in [6, 6.07) is 0. The summed E-state index contributed by atoms with van der Waals surface area (Å²) in [5.41, 5.74) is 0. The maximum atomic E-state index is 10.2. The molecule has 0 radical (unpaired) electrons. The van der Waals surface area contributed by atoms with Crippen molar-refractivity contribution in [1.29, 1.82) is 0 Å². The van der Waals surface area contributed by atoms with Crippen LogP contribution in [0.5, 0.6) is 0 Å². The molecule has 0 rings (SSSR count). The van der Waals surface area contributed by atoms with E-state index in [0.717, 1.165) is 0 Å². The first-order valence-corrected chi connectivity index (χ1v) is 8.78. The molecule has 0 bridgehead atoms. The Kier molecular flexibility index (Phi) is 2.84. The van der Waals surface area contributed by atoms with Crippen molar-refractivity contribution >= 4 is 45.4 Å². The van der Waals surface area contributed by atoms with Gasteiger partial charge in [0, 0.05) is 21.4 Å². The topological polar surface area (TPSA) is 102 Å². The van der Waals surface area contributed by atoms with Gasteiger partial charge in [-0.1, -0.05) is 0 Å². The van der Waals surface area contributed by atoms with Gasteiger partial charge in [-0.25, -0.2) is 0 Å². The van der Waals surface area contributed by atoms with Crippen LogP contribution < -0.4 is 0 Å². The molecule has 0 fully saturated rings. The van der Waals surface area contributed by atoms with Crippen molar-refractivity contribution in [3.8, 4) is 0 Å². The smallest absolute Gasteiger partial charge is 0.194 e. The molecule has 0 heterocycles. The highest BCUT2D eigenvalue weighted by Crippen LogP contribution is 2.19. The molecular formula is Cl2O6S3. The van der Waals surface area contributed by atoms with Gasteiger partial charge in [-0.05, 0) is 0 Å². The van der Waals surface area contributed by atoms with E-state index >= 15 is 0 Å². The first-order valence-electron chi connectivity index (χ1n) is 1.64. The zero-order chi connectivity index (χ0) is 9.50. The SMILES string of the molecule is O=S(=O)(Cl)S(=O)(=O)S(=O)(=O)Cl. The average molecular weight is 263 g/mol. The second-order valence-corrected chi connectivity index (χ2v) is 13.0. The third kappa shape index (κ3) is 2.18. The monoisotopic (exact) mass is 262 g/mol. The van der Waals surface area contributed by atoms with Crippen LogP contribution in [0.25, 0.3) is 0 Å². The van der Waals surface area contributed by atoms with E-state index in [-0.39, 0.29) is 0 Å². The van der Waals surface area contributed by atoms with Crippen LogP contribution in [0.3, 0.4) is 0 Å². The van der Waals surface area contributed by atoms with E-state index in [0.29, 0.717) is 0 Å². The Bertz CT molecular complexity index is 394. The highest BCUT2D eigenvalue weighted by atomic mass is 35.8. The lowest BCUT2D eigenvalue weighted by Crippen LogP contribution is -2.15. The fraction of sp³-hybridized carbons (Fsp3) is 0. The second-order valence-electron chi connectivity index (χ2n) is 1.19. The molecule has 0 unspecified atom stereocenters. The quantitative estimate of drug-likeness (QED) is 0.485. The number of halogens is 2. The molecule has 0 spiro atoms. The van der Waals surface area contributed by atoms with Gasteiger partial charge >= 0.3 is 24.1 Å². The van der Waals surface area contributed by atoms with Gasteiger partial charge in [0.05, 0.1) is 0 Å². The Labute approximate surface area is 70.7 Å². The van der Waals surface area contributed by atoms with E-state index in [1.165, 1.54) is 0 Å². The molecule has 0 saturated carbocycles. The predicted octanol–water partition coefficient (Wildman–Crippen LogP) is -0.632. The van der Waals surface area contributed by atoms with E-state index in [1.807, 2.05) is 0 Å². The van der Waals surface area contributed by atoms with Gasteiger partial charge in [0.25, 0.3) is 0 Å². The van der Waals surface area contributed by atoms with Crippen LogP contribution in [0.2, 0.25) is 0 Å². The molecule has 0 amide bonds. The van der Waals surface area contributed by atoms with Crippen molar-refractivity contribution in [2.75, 3.05) is 0 Å². The number of rotatable bonds is 2. The molecule has 0 atom stereocenters.